The van der Waals surface area contributed by atoms with Gasteiger partial charge in [-0.3, -0.25) is 19.1 Å². The van der Waals surface area contributed by atoms with Crippen LogP contribution in [0.2, 0.25) is 0 Å². The second-order valence-corrected chi connectivity index (χ2v) is 11.0. The Morgan fingerprint density at radius 1 is 1.20 bits per heavy atom. The van der Waals surface area contributed by atoms with Crippen molar-refractivity contribution in [1.82, 2.24) is 9.47 Å². The van der Waals surface area contributed by atoms with Crippen LogP contribution in [-0.2, 0) is 18.3 Å². The molecule has 0 spiro atoms. The minimum absolute atomic E-state index is 0.113. The topological polar surface area (TPSA) is 69.3 Å². The lowest BCUT2D eigenvalue weighted by Gasteiger charge is -2.34. The largest absolute Gasteiger partial charge is 0.357 e. The summed E-state index contributed by atoms with van der Waals surface area (Å²) in [6.45, 7) is 6.26. The molecule has 4 rings (SSSR count). The average molecular weight is 507 g/mol. The van der Waals surface area contributed by atoms with E-state index in [1.165, 1.54) is 17.3 Å². The summed E-state index contributed by atoms with van der Waals surface area (Å²) in [7, 11) is 1.71. The number of amides is 1. The molecule has 0 saturated carbocycles. The standard InChI is InChI=1S/C27H30N4O2S2/c1-18-11-14-30(15-12-18)24-21(19(2)22(17-28)25(32)29(24)3)16-23-26(33)31(27(34)35-23)13-7-10-20-8-5-4-6-9-20/h4-6,8-9,16,18H,7,10-15H2,1-3H3/b23-16-. The molecule has 2 fully saturated rings. The van der Waals surface area contributed by atoms with Crippen molar-refractivity contribution in [1.29, 1.82) is 5.26 Å². The maximum Gasteiger partial charge on any atom is 0.270 e. The van der Waals surface area contributed by atoms with E-state index in [-0.39, 0.29) is 17.0 Å². The van der Waals surface area contributed by atoms with E-state index in [0.29, 0.717) is 27.3 Å². The molecule has 0 unspecified atom stereocenters. The van der Waals surface area contributed by atoms with E-state index >= 15 is 0 Å². The fourth-order valence-corrected chi connectivity index (χ4v) is 6.01. The molecule has 8 heteroatoms. The lowest BCUT2D eigenvalue weighted by atomic mass is 9.97. The van der Waals surface area contributed by atoms with Gasteiger partial charge >= 0.3 is 0 Å². The van der Waals surface area contributed by atoms with Crippen LogP contribution >= 0.6 is 24.0 Å². The molecule has 2 saturated heterocycles. The minimum Gasteiger partial charge on any atom is -0.357 e. The van der Waals surface area contributed by atoms with Crippen molar-refractivity contribution >= 4 is 46.1 Å². The number of benzene rings is 1. The molecular formula is C27H30N4O2S2. The van der Waals surface area contributed by atoms with Gasteiger partial charge in [0, 0.05) is 32.2 Å². The number of thiocarbonyl (C=S) groups is 1. The van der Waals surface area contributed by atoms with Gasteiger partial charge in [0.1, 0.15) is 21.8 Å². The van der Waals surface area contributed by atoms with Crippen LogP contribution in [0.5, 0.6) is 0 Å². The maximum absolute atomic E-state index is 13.3. The van der Waals surface area contributed by atoms with Crippen molar-refractivity contribution in [3.63, 3.8) is 0 Å². The van der Waals surface area contributed by atoms with Gasteiger partial charge in [-0.15, -0.1) is 0 Å². The quantitative estimate of drug-likeness (QED) is 0.420. The summed E-state index contributed by atoms with van der Waals surface area (Å²) >= 11 is 6.84. The van der Waals surface area contributed by atoms with Gasteiger partial charge in [0.2, 0.25) is 0 Å². The normalized spacial score (nSPS) is 17.9. The Labute approximate surface area is 216 Å². The molecule has 1 amide bonds. The van der Waals surface area contributed by atoms with E-state index in [1.54, 1.807) is 23.4 Å². The summed E-state index contributed by atoms with van der Waals surface area (Å²) < 4.78 is 2.11. The number of hydrogen-bond donors (Lipinski definition) is 0. The second kappa shape index (κ2) is 10.8. The molecule has 35 heavy (non-hydrogen) atoms. The van der Waals surface area contributed by atoms with Crippen LogP contribution in [0.25, 0.3) is 6.08 Å². The molecule has 0 bridgehead atoms. The number of nitrogens with zero attached hydrogens (tertiary/aromatic N) is 4. The van der Waals surface area contributed by atoms with Crippen LogP contribution in [0.4, 0.5) is 5.82 Å². The first-order chi connectivity index (χ1) is 16.8. The molecule has 2 aromatic rings. The van der Waals surface area contributed by atoms with Gasteiger partial charge < -0.3 is 4.90 Å². The molecule has 0 radical (unpaired) electrons. The molecule has 0 N–H and O–H groups in total. The number of aromatic nitrogens is 1. The Morgan fingerprint density at radius 3 is 2.54 bits per heavy atom. The molecular weight excluding hydrogens is 476 g/mol. The van der Waals surface area contributed by atoms with Crippen LogP contribution in [0.3, 0.4) is 0 Å². The highest BCUT2D eigenvalue weighted by molar-refractivity contribution is 8.26. The highest BCUT2D eigenvalue weighted by atomic mass is 32.2. The third kappa shape index (κ3) is 5.21. The van der Waals surface area contributed by atoms with E-state index in [9.17, 15) is 14.9 Å². The highest BCUT2D eigenvalue weighted by Crippen LogP contribution is 2.36. The molecule has 2 aliphatic heterocycles. The number of pyridine rings is 1. The van der Waals surface area contributed by atoms with E-state index in [4.69, 9.17) is 12.2 Å². The predicted octanol–water partition coefficient (Wildman–Crippen LogP) is 4.64. The Balaban J connectivity index is 1.64. The SMILES string of the molecule is Cc1c(/C=C2\SC(=S)N(CCCc3ccccc3)C2=O)c(N2CCC(C)CC2)n(C)c(=O)c1C#N. The second-order valence-electron chi connectivity index (χ2n) is 9.31. The molecule has 1 aromatic carbocycles. The summed E-state index contributed by atoms with van der Waals surface area (Å²) in [4.78, 5) is 30.7. The number of hydrogen-bond acceptors (Lipinski definition) is 6. The smallest absolute Gasteiger partial charge is 0.270 e. The van der Waals surface area contributed by atoms with Gasteiger partial charge in [-0.05, 0) is 55.7 Å². The first-order valence-electron chi connectivity index (χ1n) is 12.0. The summed E-state index contributed by atoms with van der Waals surface area (Å²) in [5.41, 5.74) is 2.41. The maximum atomic E-state index is 13.3. The monoisotopic (exact) mass is 506 g/mol. The molecule has 182 valence electrons. The molecule has 1 aromatic heterocycles. The number of anilines is 1. The molecule has 6 nitrogen and oxygen atoms in total. The Morgan fingerprint density at radius 2 is 1.89 bits per heavy atom. The number of nitriles is 1. The number of aryl methyl sites for hydroxylation is 1. The van der Waals surface area contributed by atoms with Gasteiger partial charge in [0.25, 0.3) is 11.5 Å². The Kier molecular flexibility index (Phi) is 7.78. The third-order valence-corrected chi connectivity index (χ3v) is 8.27. The van der Waals surface area contributed by atoms with Crippen molar-refractivity contribution in [2.24, 2.45) is 13.0 Å². The lowest BCUT2D eigenvalue weighted by molar-refractivity contribution is -0.122. The van der Waals surface area contributed by atoms with E-state index in [1.807, 2.05) is 24.3 Å². The number of rotatable bonds is 6. The number of carbonyl (C=O) groups excluding carboxylic acids is 1. The highest BCUT2D eigenvalue weighted by Gasteiger charge is 2.33. The van der Waals surface area contributed by atoms with Crippen molar-refractivity contribution in [2.75, 3.05) is 24.5 Å². The van der Waals surface area contributed by atoms with Crippen molar-refractivity contribution in [3.8, 4) is 6.07 Å². The summed E-state index contributed by atoms with van der Waals surface area (Å²) in [5, 5.41) is 9.67. The Bertz CT molecular complexity index is 1270. The minimum atomic E-state index is -0.302. The van der Waals surface area contributed by atoms with Gasteiger partial charge in [0.05, 0.1) is 4.91 Å². The fraction of sp³-hybridized carbons (Fsp3) is 0.407. The van der Waals surface area contributed by atoms with Crippen LogP contribution < -0.4 is 10.5 Å². The zero-order valence-corrected chi connectivity index (χ0v) is 22.0. The average Bonchev–Trinajstić information content (AvgIpc) is 3.12. The zero-order chi connectivity index (χ0) is 25.1. The van der Waals surface area contributed by atoms with Crippen LogP contribution in [0, 0.1) is 24.2 Å². The molecule has 0 aliphatic carbocycles. The lowest BCUT2D eigenvalue weighted by Crippen LogP contribution is -2.38. The molecule has 3 heterocycles. The van der Waals surface area contributed by atoms with Crippen LogP contribution in [0.15, 0.2) is 40.0 Å². The van der Waals surface area contributed by atoms with Crippen molar-refractivity contribution in [2.45, 2.75) is 39.5 Å². The zero-order valence-electron chi connectivity index (χ0n) is 20.4. The van der Waals surface area contributed by atoms with Crippen LogP contribution in [-0.4, -0.2) is 39.3 Å². The number of carbonyl (C=O) groups is 1. The first kappa shape index (κ1) is 25.2. The van der Waals surface area contributed by atoms with Gasteiger partial charge in [0.15, 0.2) is 0 Å². The summed E-state index contributed by atoms with van der Waals surface area (Å²) in [6.07, 6.45) is 5.60. The fourth-order valence-electron chi connectivity index (χ4n) is 4.72. The molecule has 0 atom stereocenters. The van der Waals surface area contributed by atoms with E-state index in [0.717, 1.165) is 50.2 Å². The Hall–Kier alpha value is -2.89. The van der Waals surface area contributed by atoms with Gasteiger partial charge in [-0.1, -0.05) is 61.2 Å². The third-order valence-electron chi connectivity index (χ3n) is 6.89. The van der Waals surface area contributed by atoms with Gasteiger partial charge in [-0.25, -0.2) is 0 Å². The van der Waals surface area contributed by atoms with E-state index < -0.39 is 0 Å². The predicted molar refractivity (Wildman–Crippen MR) is 146 cm³/mol. The van der Waals surface area contributed by atoms with Crippen molar-refractivity contribution < 1.29 is 4.79 Å². The van der Waals surface area contributed by atoms with Crippen LogP contribution in [0.1, 0.15) is 48.4 Å². The van der Waals surface area contributed by atoms with Gasteiger partial charge in [-0.2, -0.15) is 5.26 Å². The first-order valence-corrected chi connectivity index (χ1v) is 13.2. The number of thioether (sulfide) groups is 1. The number of piperidine rings is 1. The van der Waals surface area contributed by atoms with E-state index in [2.05, 4.69) is 30.0 Å². The van der Waals surface area contributed by atoms with Crippen molar-refractivity contribution in [3.05, 3.63) is 67.8 Å². The summed E-state index contributed by atoms with van der Waals surface area (Å²) in [5.74, 6) is 1.30. The summed E-state index contributed by atoms with van der Waals surface area (Å²) in [6, 6.07) is 12.3. The molecule has 2 aliphatic rings.